The lowest BCUT2D eigenvalue weighted by atomic mass is 9.95. The molecule has 0 aliphatic carbocycles. The number of hydrogen-bond acceptors (Lipinski definition) is 3. The summed E-state index contributed by atoms with van der Waals surface area (Å²) in [4.78, 5) is 37.4. The Morgan fingerprint density at radius 3 is 2.67 bits per heavy atom. The molecule has 0 radical (unpaired) electrons. The summed E-state index contributed by atoms with van der Waals surface area (Å²) < 4.78 is 0. The SMILES string of the molecule is CC(CN(C)C(=O)C1CCN(C)C(=O)C1)C(=O)O. The van der Waals surface area contributed by atoms with Crippen molar-refractivity contribution in [3.63, 3.8) is 0 Å². The summed E-state index contributed by atoms with van der Waals surface area (Å²) in [5.41, 5.74) is 0. The number of carbonyl (C=O) groups excluding carboxylic acids is 2. The minimum absolute atomic E-state index is 0.0284. The molecule has 0 aromatic carbocycles. The molecule has 18 heavy (non-hydrogen) atoms. The van der Waals surface area contributed by atoms with E-state index in [1.54, 1.807) is 25.9 Å². The van der Waals surface area contributed by atoms with Gasteiger partial charge in [-0.3, -0.25) is 14.4 Å². The number of carboxylic acid groups (broad SMARTS) is 1. The molecule has 1 fully saturated rings. The van der Waals surface area contributed by atoms with Crippen LogP contribution in [-0.4, -0.2) is 59.9 Å². The largest absolute Gasteiger partial charge is 0.481 e. The molecule has 0 aromatic rings. The van der Waals surface area contributed by atoms with Crippen LogP contribution in [0.1, 0.15) is 19.8 Å². The van der Waals surface area contributed by atoms with Crippen molar-refractivity contribution in [1.29, 1.82) is 0 Å². The van der Waals surface area contributed by atoms with Crippen molar-refractivity contribution in [2.24, 2.45) is 11.8 Å². The van der Waals surface area contributed by atoms with Crippen LogP contribution in [0, 0.1) is 11.8 Å². The number of hydrogen-bond donors (Lipinski definition) is 1. The minimum Gasteiger partial charge on any atom is -0.481 e. The van der Waals surface area contributed by atoms with Gasteiger partial charge in [0.05, 0.1) is 5.92 Å². The van der Waals surface area contributed by atoms with Gasteiger partial charge < -0.3 is 14.9 Å². The van der Waals surface area contributed by atoms with E-state index in [0.29, 0.717) is 13.0 Å². The molecule has 2 atom stereocenters. The molecule has 0 spiro atoms. The number of likely N-dealkylation sites (tertiary alicyclic amines) is 1. The van der Waals surface area contributed by atoms with Crippen molar-refractivity contribution >= 4 is 17.8 Å². The Hall–Kier alpha value is -1.59. The normalized spacial score (nSPS) is 21.6. The first-order valence-corrected chi connectivity index (χ1v) is 6.04. The predicted octanol–water partition coefficient (Wildman–Crippen LogP) is 0.0339. The maximum absolute atomic E-state index is 12.1. The average molecular weight is 256 g/mol. The fourth-order valence-corrected chi connectivity index (χ4v) is 2.04. The summed E-state index contributed by atoms with van der Waals surface area (Å²) in [5.74, 6) is -1.99. The lowest BCUT2D eigenvalue weighted by Gasteiger charge is -2.31. The third-order valence-corrected chi connectivity index (χ3v) is 3.35. The number of carboxylic acids is 1. The molecule has 0 aromatic heterocycles. The molecule has 0 bridgehead atoms. The van der Waals surface area contributed by atoms with Gasteiger partial charge in [-0.2, -0.15) is 0 Å². The second kappa shape index (κ2) is 5.84. The molecule has 1 heterocycles. The Morgan fingerprint density at radius 2 is 2.17 bits per heavy atom. The van der Waals surface area contributed by atoms with E-state index in [4.69, 9.17) is 5.11 Å². The van der Waals surface area contributed by atoms with Gasteiger partial charge in [0.1, 0.15) is 0 Å². The first kappa shape index (κ1) is 14.5. The zero-order chi connectivity index (χ0) is 13.9. The average Bonchev–Trinajstić information content (AvgIpc) is 2.31. The quantitative estimate of drug-likeness (QED) is 0.770. The van der Waals surface area contributed by atoms with Gasteiger partial charge in [0, 0.05) is 39.5 Å². The first-order valence-electron chi connectivity index (χ1n) is 6.04. The van der Waals surface area contributed by atoms with Gasteiger partial charge in [-0.15, -0.1) is 0 Å². The molecule has 6 nitrogen and oxygen atoms in total. The number of rotatable bonds is 4. The molecule has 6 heteroatoms. The number of amides is 2. The monoisotopic (exact) mass is 256 g/mol. The standard InChI is InChI=1S/C12H20N2O4/c1-8(12(17)18)7-14(3)11(16)9-4-5-13(2)10(15)6-9/h8-9H,4-7H2,1-3H3,(H,17,18). The number of piperidine rings is 1. The first-order chi connectivity index (χ1) is 8.32. The van der Waals surface area contributed by atoms with E-state index in [1.807, 2.05) is 0 Å². The van der Waals surface area contributed by atoms with E-state index >= 15 is 0 Å². The second-order valence-electron chi connectivity index (χ2n) is 4.96. The van der Waals surface area contributed by atoms with E-state index < -0.39 is 11.9 Å². The molecule has 1 aliphatic rings. The van der Waals surface area contributed by atoms with Crippen LogP contribution in [0.15, 0.2) is 0 Å². The lowest BCUT2D eigenvalue weighted by Crippen LogP contribution is -2.44. The molecular weight excluding hydrogens is 236 g/mol. The van der Waals surface area contributed by atoms with E-state index in [9.17, 15) is 14.4 Å². The maximum atomic E-state index is 12.1. The molecule has 1 saturated heterocycles. The molecule has 2 amide bonds. The summed E-state index contributed by atoms with van der Waals surface area (Å²) in [6.07, 6.45) is 0.869. The Balaban J connectivity index is 2.54. The van der Waals surface area contributed by atoms with Crippen LogP contribution in [0.25, 0.3) is 0 Å². The number of carbonyl (C=O) groups is 3. The second-order valence-corrected chi connectivity index (χ2v) is 4.96. The third kappa shape index (κ3) is 3.45. The van der Waals surface area contributed by atoms with E-state index in [2.05, 4.69) is 0 Å². The fourth-order valence-electron chi connectivity index (χ4n) is 2.04. The van der Waals surface area contributed by atoms with Crippen molar-refractivity contribution in [2.45, 2.75) is 19.8 Å². The predicted molar refractivity (Wildman–Crippen MR) is 64.8 cm³/mol. The van der Waals surface area contributed by atoms with Gasteiger partial charge in [-0.1, -0.05) is 6.92 Å². The van der Waals surface area contributed by atoms with Crippen molar-refractivity contribution < 1.29 is 19.5 Å². The summed E-state index contributed by atoms with van der Waals surface area (Å²) in [7, 11) is 3.31. The van der Waals surface area contributed by atoms with Crippen LogP contribution in [0.4, 0.5) is 0 Å². The summed E-state index contributed by atoms with van der Waals surface area (Å²) in [6, 6.07) is 0. The molecule has 102 valence electrons. The van der Waals surface area contributed by atoms with Crippen molar-refractivity contribution in [3.05, 3.63) is 0 Å². The topological polar surface area (TPSA) is 77.9 Å². The fraction of sp³-hybridized carbons (Fsp3) is 0.750. The van der Waals surface area contributed by atoms with Gasteiger partial charge >= 0.3 is 5.97 Å². The highest BCUT2D eigenvalue weighted by Gasteiger charge is 2.31. The van der Waals surface area contributed by atoms with Crippen LogP contribution in [0.2, 0.25) is 0 Å². The zero-order valence-electron chi connectivity index (χ0n) is 11.0. The third-order valence-electron chi connectivity index (χ3n) is 3.35. The van der Waals surface area contributed by atoms with Gasteiger partial charge in [-0.05, 0) is 6.42 Å². The van der Waals surface area contributed by atoms with Crippen LogP contribution >= 0.6 is 0 Å². The Labute approximate surface area is 107 Å². The smallest absolute Gasteiger partial charge is 0.308 e. The summed E-state index contributed by atoms with van der Waals surface area (Å²) in [5, 5.41) is 8.80. The summed E-state index contributed by atoms with van der Waals surface area (Å²) >= 11 is 0. The maximum Gasteiger partial charge on any atom is 0.308 e. The van der Waals surface area contributed by atoms with Crippen molar-refractivity contribution in [3.8, 4) is 0 Å². The Bertz CT molecular complexity index is 356. The van der Waals surface area contributed by atoms with Gasteiger partial charge in [0.2, 0.25) is 11.8 Å². The highest BCUT2D eigenvalue weighted by atomic mass is 16.4. The van der Waals surface area contributed by atoms with E-state index in [-0.39, 0.29) is 30.7 Å². The molecule has 0 saturated carbocycles. The van der Waals surface area contributed by atoms with Gasteiger partial charge in [0.15, 0.2) is 0 Å². The summed E-state index contributed by atoms with van der Waals surface area (Å²) in [6.45, 7) is 2.32. The zero-order valence-corrected chi connectivity index (χ0v) is 11.0. The van der Waals surface area contributed by atoms with Crippen LogP contribution in [0.3, 0.4) is 0 Å². The molecular formula is C12H20N2O4. The van der Waals surface area contributed by atoms with Gasteiger partial charge in [-0.25, -0.2) is 0 Å². The van der Waals surface area contributed by atoms with Crippen molar-refractivity contribution in [1.82, 2.24) is 9.80 Å². The molecule has 1 rings (SSSR count). The highest BCUT2D eigenvalue weighted by Crippen LogP contribution is 2.19. The Morgan fingerprint density at radius 1 is 1.56 bits per heavy atom. The van der Waals surface area contributed by atoms with Crippen LogP contribution < -0.4 is 0 Å². The number of aliphatic carboxylic acids is 1. The van der Waals surface area contributed by atoms with Crippen molar-refractivity contribution in [2.75, 3.05) is 27.2 Å². The van der Waals surface area contributed by atoms with Gasteiger partial charge in [0.25, 0.3) is 0 Å². The van der Waals surface area contributed by atoms with E-state index in [0.717, 1.165) is 0 Å². The van der Waals surface area contributed by atoms with E-state index in [1.165, 1.54) is 4.90 Å². The molecule has 1 N–H and O–H groups in total. The molecule has 2 unspecified atom stereocenters. The minimum atomic E-state index is -0.922. The highest BCUT2D eigenvalue weighted by molar-refractivity contribution is 5.87. The van der Waals surface area contributed by atoms with Crippen LogP contribution in [0.5, 0.6) is 0 Å². The lowest BCUT2D eigenvalue weighted by molar-refractivity contribution is -0.146. The molecule has 1 aliphatic heterocycles. The van der Waals surface area contributed by atoms with Crippen LogP contribution in [-0.2, 0) is 14.4 Å². The Kier molecular flexibility index (Phi) is 4.69. The number of nitrogens with zero attached hydrogens (tertiary/aromatic N) is 2.